The normalized spacial score (nSPS) is 27.2. The van der Waals surface area contributed by atoms with E-state index in [1.807, 2.05) is 0 Å². The minimum Gasteiger partial charge on any atom is -0.497 e. The number of carbonyl (C=O) groups excluding carboxylic acids is 1. The summed E-state index contributed by atoms with van der Waals surface area (Å²) in [6, 6.07) is 8.51. The molecule has 1 aromatic heterocycles. The molecule has 2 aromatic rings. The largest absolute Gasteiger partial charge is 0.497 e. The zero-order valence-corrected chi connectivity index (χ0v) is 15.1. The third kappa shape index (κ3) is 2.16. The molecule has 3 aliphatic heterocycles. The van der Waals surface area contributed by atoms with E-state index in [1.165, 1.54) is 35.0 Å². The number of nitrogens with one attached hydrogen (secondary N) is 1. The molecular weight excluding hydrogens is 328 g/mol. The Morgan fingerprint density at radius 3 is 3.04 bits per heavy atom. The Labute approximate surface area is 152 Å². The summed E-state index contributed by atoms with van der Waals surface area (Å²) < 4.78 is 13.3. The van der Waals surface area contributed by atoms with Crippen LogP contribution in [0.15, 0.2) is 36.1 Å². The number of aromatic nitrogens is 1. The highest BCUT2D eigenvalue weighted by Crippen LogP contribution is 2.39. The molecule has 0 bridgehead atoms. The molecule has 134 valence electrons. The second-order valence-electron chi connectivity index (χ2n) is 7.55. The van der Waals surface area contributed by atoms with E-state index in [9.17, 15) is 4.79 Å². The Morgan fingerprint density at radius 2 is 2.19 bits per heavy atom. The number of methoxy groups -OCH3 is 1. The van der Waals surface area contributed by atoms with Crippen molar-refractivity contribution in [2.24, 2.45) is 11.8 Å². The first-order valence-corrected chi connectivity index (χ1v) is 9.32. The van der Waals surface area contributed by atoms with Crippen LogP contribution in [0.1, 0.15) is 24.6 Å². The molecule has 3 atom stereocenters. The number of hydrogen-bond donors (Lipinski definition) is 1. The number of carbonyl (C=O) groups is 1. The van der Waals surface area contributed by atoms with Gasteiger partial charge in [-0.05, 0) is 18.6 Å². The van der Waals surface area contributed by atoms with E-state index in [-0.39, 0.29) is 18.0 Å². The summed E-state index contributed by atoms with van der Waals surface area (Å²) in [7, 11) is 1.44. The van der Waals surface area contributed by atoms with Gasteiger partial charge in [0.15, 0.2) is 0 Å². The Hall–Kier alpha value is -2.56. The van der Waals surface area contributed by atoms with E-state index in [4.69, 9.17) is 9.47 Å². The second-order valence-corrected chi connectivity index (χ2v) is 7.55. The van der Waals surface area contributed by atoms with E-state index in [2.05, 4.69) is 40.7 Å². The van der Waals surface area contributed by atoms with E-state index < -0.39 is 0 Å². The number of fused-ring (bicyclic) bond motifs is 5. The van der Waals surface area contributed by atoms with Crippen molar-refractivity contribution < 1.29 is 18.8 Å². The van der Waals surface area contributed by atoms with Crippen LogP contribution < -0.4 is 0 Å². The molecule has 0 saturated carbocycles. The Kier molecular flexibility index (Phi) is 3.45. The Balaban J connectivity index is 1.60. The Morgan fingerprint density at radius 1 is 1.35 bits per heavy atom. The first kappa shape index (κ1) is 15.7. The number of hydrogen-bond acceptors (Lipinski definition) is 3. The van der Waals surface area contributed by atoms with Gasteiger partial charge in [0, 0.05) is 29.7 Å². The summed E-state index contributed by atoms with van der Waals surface area (Å²) in [6.45, 7) is 4.05. The second kappa shape index (κ2) is 5.73. The summed E-state index contributed by atoms with van der Waals surface area (Å²) in [5.74, 6) is 0.187. The van der Waals surface area contributed by atoms with E-state index in [0.717, 1.165) is 25.9 Å². The number of ether oxygens (including phenoxy) is 2. The van der Waals surface area contributed by atoms with Crippen LogP contribution in [0.2, 0.25) is 0 Å². The van der Waals surface area contributed by atoms with Crippen LogP contribution in [-0.2, 0) is 20.7 Å². The van der Waals surface area contributed by atoms with E-state index >= 15 is 0 Å². The quantitative estimate of drug-likeness (QED) is 0.635. The molecule has 4 heterocycles. The van der Waals surface area contributed by atoms with Gasteiger partial charge in [0.1, 0.15) is 24.9 Å². The molecule has 1 aromatic carbocycles. The highest BCUT2D eigenvalue weighted by molar-refractivity contribution is 6.04. The average molecular weight is 351 g/mol. The summed E-state index contributed by atoms with van der Waals surface area (Å²) in [5.41, 5.74) is 5.85. The number of benzene rings is 1. The number of para-hydroxylation sites is 1. The zero-order valence-electron chi connectivity index (χ0n) is 15.1. The van der Waals surface area contributed by atoms with Crippen molar-refractivity contribution in [3.63, 3.8) is 0 Å². The van der Waals surface area contributed by atoms with Gasteiger partial charge in [-0.1, -0.05) is 18.2 Å². The third-order valence-electron chi connectivity index (χ3n) is 6.31. The molecule has 0 aliphatic carbocycles. The van der Waals surface area contributed by atoms with Gasteiger partial charge in [-0.25, -0.2) is 9.37 Å². The van der Waals surface area contributed by atoms with Crippen molar-refractivity contribution in [3.05, 3.63) is 47.4 Å². The predicted molar refractivity (Wildman–Crippen MR) is 98.3 cm³/mol. The molecule has 0 saturated heterocycles. The molecule has 5 rings (SSSR count). The van der Waals surface area contributed by atoms with Crippen molar-refractivity contribution in [2.75, 3.05) is 20.2 Å². The van der Waals surface area contributed by atoms with Crippen molar-refractivity contribution >= 4 is 22.6 Å². The predicted octanol–water partition coefficient (Wildman–Crippen LogP) is 2.64. The lowest BCUT2D eigenvalue weighted by atomic mass is 9.74. The van der Waals surface area contributed by atoms with Crippen molar-refractivity contribution in [1.82, 2.24) is 4.98 Å². The minimum absolute atomic E-state index is 0.110. The average Bonchev–Trinajstić information content (AvgIpc) is 3.06. The van der Waals surface area contributed by atoms with E-state index in [0.29, 0.717) is 11.5 Å². The smallest absolute Gasteiger partial charge is 0.337 e. The minimum atomic E-state index is -0.270. The van der Waals surface area contributed by atoms with Gasteiger partial charge in [-0.15, -0.1) is 0 Å². The van der Waals surface area contributed by atoms with Gasteiger partial charge in [-0.3, -0.25) is 0 Å². The topological polar surface area (TPSA) is 54.3 Å². The molecule has 26 heavy (non-hydrogen) atoms. The lowest BCUT2D eigenvalue weighted by Crippen LogP contribution is -2.48. The van der Waals surface area contributed by atoms with Crippen molar-refractivity contribution in [3.8, 4) is 0 Å². The van der Waals surface area contributed by atoms with Gasteiger partial charge in [-0.2, -0.15) is 0 Å². The molecule has 0 fully saturated rings. The van der Waals surface area contributed by atoms with Gasteiger partial charge >= 0.3 is 5.97 Å². The summed E-state index contributed by atoms with van der Waals surface area (Å²) in [6.07, 6.45) is 3.64. The molecular formula is C21H23N2O3+. The van der Waals surface area contributed by atoms with E-state index in [1.54, 1.807) is 6.26 Å². The van der Waals surface area contributed by atoms with Crippen LogP contribution in [0.5, 0.6) is 0 Å². The summed E-state index contributed by atoms with van der Waals surface area (Å²) in [4.78, 5) is 15.9. The standard InChI is InChI=1S/C21H22N2O3/c1-12-16-10-23-8-7-14-13-5-3-4-6-18(13)22-20(14)19(23)9-15(16)17(11-26-12)21(24)25-2/h3-6,11-12,15-16H,7-10H2,1-2H3/p+1/t12?,15-,16+/m1/s1. The lowest BCUT2D eigenvalue weighted by Gasteiger charge is -2.38. The molecule has 0 radical (unpaired) electrons. The molecule has 3 aliphatic rings. The SMILES string of the molecule is COC(=O)C1=COC(C)[C@@H]2C[N+]3=C(C[C@@H]12)c1[nH]c2ccccc2c1CC3. The molecule has 0 amide bonds. The van der Waals surface area contributed by atoms with Gasteiger partial charge in [0.2, 0.25) is 5.71 Å². The number of rotatable bonds is 1. The summed E-state index contributed by atoms with van der Waals surface area (Å²) in [5, 5.41) is 1.32. The van der Waals surface area contributed by atoms with Crippen molar-refractivity contribution in [1.29, 1.82) is 0 Å². The van der Waals surface area contributed by atoms with Crippen LogP contribution in [0.25, 0.3) is 10.9 Å². The Bertz CT molecular complexity index is 969. The van der Waals surface area contributed by atoms with Gasteiger partial charge < -0.3 is 14.5 Å². The van der Waals surface area contributed by atoms with Gasteiger partial charge in [0.25, 0.3) is 0 Å². The maximum Gasteiger partial charge on any atom is 0.337 e. The van der Waals surface area contributed by atoms with Gasteiger partial charge in [0.05, 0.1) is 24.9 Å². The molecule has 5 heteroatoms. The maximum atomic E-state index is 12.3. The fourth-order valence-corrected chi connectivity index (χ4v) is 4.92. The maximum absolute atomic E-state index is 12.3. The fourth-order valence-electron chi connectivity index (χ4n) is 4.92. The monoisotopic (exact) mass is 351 g/mol. The van der Waals surface area contributed by atoms with Crippen LogP contribution in [0.3, 0.4) is 0 Å². The fraction of sp³-hybridized carbons (Fsp3) is 0.429. The third-order valence-corrected chi connectivity index (χ3v) is 6.31. The molecule has 1 N–H and O–H groups in total. The first-order valence-electron chi connectivity index (χ1n) is 9.32. The molecule has 1 unspecified atom stereocenters. The van der Waals surface area contributed by atoms with Crippen LogP contribution in [0.4, 0.5) is 0 Å². The highest BCUT2D eigenvalue weighted by atomic mass is 16.5. The van der Waals surface area contributed by atoms with Crippen LogP contribution >= 0.6 is 0 Å². The first-order chi connectivity index (χ1) is 12.7. The number of nitrogens with zero attached hydrogens (tertiary/aromatic N) is 1. The molecule has 5 nitrogen and oxygen atoms in total. The molecule has 0 spiro atoms. The number of H-pyrrole nitrogens is 1. The number of esters is 1. The summed E-state index contributed by atoms with van der Waals surface area (Å²) >= 11 is 0. The van der Waals surface area contributed by atoms with Crippen LogP contribution in [-0.4, -0.2) is 47.5 Å². The van der Waals surface area contributed by atoms with Crippen molar-refractivity contribution in [2.45, 2.75) is 25.9 Å². The zero-order chi connectivity index (χ0) is 17.8. The lowest BCUT2D eigenvalue weighted by molar-refractivity contribution is -0.545. The van der Waals surface area contributed by atoms with Crippen LogP contribution in [0, 0.1) is 11.8 Å². The number of aromatic amines is 1. The highest BCUT2D eigenvalue weighted by Gasteiger charge is 2.47.